The normalized spacial score (nSPS) is 34.4. The number of hydrogen-bond acceptors (Lipinski definition) is 3. The smallest absolute Gasteiger partial charge is 0.115 e. The molecule has 0 spiro atoms. The molecular formula is C28H45NO2. The van der Waals surface area contributed by atoms with Crippen molar-refractivity contribution in [3.8, 4) is 5.75 Å². The van der Waals surface area contributed by atoms with Crippen LogP contribution in [-0.4, -0.2) is 43.4 Å². The average molecular weight is 428 g/mol. The van der Waals surface area contributed by atoms with Crippen molar-refractivity contribution in [3.05, 3.63) is 29.3 Å². The molecule has 4 rings (SSSR count). The number of aromatic hydroxyl groups is 1. The van der Waals surface area contributed by atoms with Crippen LogP contribution in [0, 0.1) is 29.1 Å². The third kappa shape index (κ3) is 4.69. The minimum Gasteiger partial charge on any atom is -0.508 e. The number of hydrogen-bond donors (Lipinski definition) is 1. The van der Waals surface area contributed by atoms with E-state index in [9.17, 15) is 5.11 Å². The first kappa shape index (κ1) is 23.1. The molecule has 3 aliphatic carbocycles. The van der Waals surface area contributed by atoms with Crippen molar-refractivity contribution in [2.75, 3.05) is 33.4 Å². The summed E-state index contributed by atoms with van der Waals surface area (Å²) in [5, 5.41) is 9.97. The lowest BCUT2D eigenvalue weighted by molar-refractivity contribution is -0.00498. The fourth-order valence-corrected chi connectivity index (χ4v) is 7.64. The first-order valence-corrected chi connectivity index (χ1v) is 13.0. The van der Waals surface area contributed by atoms with Crippen LogP contribution < -0.4 is 0 Å². The predicted octanol–water partition coefficient (Wildman–Crippen LogP) is 6.25. The molecule has 174 valence electrons. The van der Waals surface area contributed by atoms with E-state index in [0.29, 0.717) is 17.1 Å². The molecule has 5 unspecified atom stereocenters. The molecule has 0 bridgehead atoms. The van der Waals surface area contributed by atoms with Gasteiger partial charge in [0, 0.05) is 13.2 Å². The van der Waals surface area contributed by atoms with Gasteiger partial charge in [-0.05, 0) is 117 Å². The van der Waals surface area contributed by atoms with Crippen LogP contribution in [0.3, 0.4) is 0 Å². The lowest BCUT2D eigenvalue weighted by atomic mass is 9.51. The second kappa shape index (κ2) is 9.83. The largest absolute Gasteiger partial charge is 0.508 e. The highest BCUT2D eigenvalue weighted by Crippen LogP contribution is 2.64. The molecule has 0 radical (unpaired) electrons. The molecule has 2 fully saturated rings. The van der Waals surface area contributed by atoms with Gasteiger partial charge in [0.05, 0.1) is 6.61 Å². The van der Waals surface area contributed by atoms with Gasteiger partial charge in [0.25, 0.3) is 0 Å². The zero-order chi connectivity index (χ0) is 22.0. The minimum atomic E-state index is 0.433. The lowest BCUT2D eigenvalue weighted by Crippen LogP contribution is -2.45. The standard InChI is InChI=1S/C28H45NO2/c1-5-6-14-29(4)15-17-31-16-12-22-7-10-26-27-20(2)18-21-19-23(30)8-9-24(21)25(27)11-13-28(22,26)3/h8-9,19-20,22,25-27,30H,5-7,10-18H2,1-4H3/t20?,22-,25?,26?,27?,28?/m1/s1. The van der Waals surface area contributed by atoms with Crippen molar-refractivity contribution >= 4 is 0 Å². The van der Waals surface area contributed by atoms with Crippen LogP contribution in [0.2, 0.25) is 0 Å². The predicted molar refractivity (Wildman–Crippen MR) is 129 cm³/mol. The minimum absolute atomic E-state index is 0.433. The Bertz CT molecular complexity index is 734. The summed E-state index contributed by atoms with van der Waals surface area (Å²) >= 11 is 0. The summed E-state index contributed by atoms with van der Waals surface area (Å²) in [7, 11) is 2.21. The Labute approximate surface area is 190 Å². The monoisotopic (exact) mass is 427 g/mol. The van der Waals surface area contributed by atoms with Gasteiger partial charge in [-0.3, -0.25) is 0 Å². The van der Waals surface area contributed by atoms with Gasteiger partial charge in [0.2, 0.25) is 0 Å². The molecule has 1 aromatic rings. The first-order valence-electron chi connectivity index (χ1n) is 13.0. The lowest BCUT2D eigenvalue weighted by Gasteiger charge is -2.53. The molecule has 0 heterocycles. The second-order valence-electron chi connectivity index (χ2n) is 11.2. The average Bonchev–Trinajstić information content (AvgIpc) is 3.07. The van der Waals surface area contributed by atoms with Crippen LogP contribution in [-0.2, 0) is 11.2 Å². The second-order valence-corrected chi connectivity index (χ2v) is 11.2. The van der Waals surface area contributed by atoms with E-state index in [1.54, 1.807) is 5.56 Å². The highest BCUT2D eigenvalue weighted by molar-refractivity contribution is 5.40. The summed E-state index contributed by atoms with van der Waals surface area (Å²) in [5.74, 6) is 4.35. The SMILES string of the molecule is CCCCN(C)CCOCC[C@H]1CCC2C3C(C)Cc4cc(O)ccc4C3CCC21C. The molecule has 6 atom stereocenters. The van der Waals surface area contributed by atoms with Gasteiger partial charge in [-0.15, -0.1) is 0 Å². The van der Waals surface area contributed by atoms with Crippen LogP contribution in [0.15, 0.2) is 18.2 Å². The highest BCUT2D eigenvalue weighted by atomic mass is 16.5. The number of likely N-dealkylation sites (N-methyl/N-ethyl adjacent to an activating group) is 1. The first-order chi connectivity index (χ1) is 14.9. The van der Waals surface area contributed by atoms with Crippen LogP contribution >= 0.6 is 0 Å². The van der Waals surface area contributed by atoms with Crippen LogP contribution in [0.4, 0.5) is 0 Å². The van der Waals surface area contributed by atoms with E-state index >= 15 is 0 Å². The molecule has 0 amide bonds. The molecule has 3 heteroatoms. The van der Waals surface area contributed by atoms with Crippen molar-refractivity contribution in [2.24, 2.45) is 29.1 Å². The molecule has 3 nitrogen and oxygen atoms in total. The number of nitrogens with zero attached hydrogens (tertiary/aromatic N) is 1. The zero-order valence-electron chi connectivity index (χ0n) is 20.4. The Hall–Kier alpha value is -1.06. The molecule has 0 aliphatic heterocycles. The van der Waals surface area contributed by atoms with Gasteiger partial charge in [0.1, 0.15) is 5.75 Å². The van der Waals surface area contributed by atoms with E-state index < -0.39 is 0 Å². The van der Waals surface area contributed by atoms with Gasteiger partial charge < -0.3 is 14.7 Å². The number of phenolic OH excluding ortho intramolecular Hbond substituents is 1. The molecule has 0 saturated heterocycles. The summed E-state index contributed by atoms with van der Waals surface area (Å²) in [6, 6.07) is 6.17. The summed E-state index contributed by atoms with van der Waals surface area (Å²) < 4.78 is 6.09. The summed E-state index contributed by atoms with van der Waals surface area (Å²) in [6.45, 7) is 11.4. The summed E-state index contributed by atoms with van der Waals surface area (Å²) in [5.41, 5.74) is 3.44. The van der Waals surface area contributed by atoms with Gasteiger partial charge >= 0.3 is 0 Å². The number of benzene rings is 1. The molecule has 2 saturated carbocycles. The number of fused-ring (bicyclic) bond motifs is 5. The number of rotatable bonds is 9. The van der Waals surface area contributed by atoms with E-state index in [1.165, 1.54) is 57.1 Å². The molecule has 3 aliphatic rings. The molecule has 1 N–H and O–H groups in total. The molecule has 1 aromatic carbocycles. The van der Waals surface area contributed by atoms with Crippen molar-refractivity contribution in [1.29, 1.82) is 0 Å². The number of phenols is 1. The fraction of sp³-hybridized carbons (Fsp3) is 0.786. The highest BCUT2D eigenvalue weighted by Gasteiger charge is 2.55. The Morgan fingerprint density at radius 2 is 2.00 bits per heavy atom. The maximum absolute atomic E-state index is 9.97. The molecule has 31 heavy (non-hydrogen) atoms. The maximum atomic E-state index is 9.97. The van der Waals surface area contributed by atoms with Crippen LogP contribution in [0.5, 0.6) is 5.75 Å². The maximum Gasteiger partial charge on any atom is 0.115 e. The Morgan fingerprint density at radius 1 is 1.16 bits per heavy atom. The Balaban J connectivity index is 1.33. The Kier molecular flexibility index (Phi) is 7.33. The van der Waals surface area contributed by atoms with E-state index in [2.05, 4.69) is 38.8 Å². The Morgan fingerprint density at radius 3 is 2.81 bits per heavy atom. The van der Waals surface area contributed by atoms with E-state index in [4.69, 9.17) is 4.74 Å². The van der Waals surface area contributed by atoms with Gasteiger partial charge in [-0.1, -0.05) is 33.3 Å². The molecule has 0 aromatic heterocycles. The van der Waals surface area contributed by atoms with E-state index in [0.717, 1.165) is 49.9 Å². The van der Waals surface area contributed by atoms with E-state index in [-0.39, 0.29) is 0 Å². The summed E-state index contributed by atoms with van der Waals surface area (Å²) in [4.78, 5) is 2.40. The quantitative estimate of drug-likeness (QED) is 0.473. The zero-order valence-corrected chi connectivity index (χ0v) is 20.4. The third-order valence-corrected chi connectivity index (χ3v) is 9.38. The van der Waals surface area contributed by atoms with Crippen molar-refractivity contribution < 1.29 is 9.84 Å². The van der Waals surface area contributed by atoms with Crippen molar-refractivity contribution in [3.63, 3.8) is 0 Å². The van der Waals surface area contributed by atoms with Crippen LogP contribution in [0.1, 0.15) is 82.8 Å². The number of unbranched alkanes of at least 4 members (excludes halogenated alkanes) is 1. The van der Waals surface area contributed by atoms with Crippen molar-refractivity contribution in [2.45, 2.75) is 78.1 Å². The summed E-state index contributed by atoms with van der Waals surface area (Å²) in [6.07, 6.45) is 10.4. The van der Waals surface area contributed by atoms with Crippen LogP contribution in [0.25, 0.3) is 0 Å². The number of ether oxygens (including phenoxy) is 1. The third-order valence-electron chi connectivity index (χ3n) is 9.38. The topological polar surface area (TPSA) is 32.7 Å². The van der Waals surface area contributed by atoms with Crippen molar-refractivity contribution in [1.82, 2.24) is 4.90 Å². The fourth-order valence-electron chi connectivity index (χ4n) is 7.64. The van der Waals surface area contributed by atoms with Gasteiger partial charge in [-0.25, -0.2) is 0 Å². The van der Waals surface area contributed by atoms with E-state index in [1.807, 2.05) is 12.1 Å². The molecular weight excluding hydrogens is 382 g/mol. The van der Waals surface area contributed by atoms with Gasteiger partial charge in [-0.2, -0.15) is 0 Å². The van der Waals surface area contributed by atoms with Gasteiger partial charge in [0.15, 0.2) is 0 Å².